The minimum Gasteiger partial charge on any atom is -0.398 e. The van der Waals surface area contributed by atoms with Crippen LogP contribution in [0.2, 0.25) is 5.02 Å². The third-order valence-corrected chi connectivity index (χ3v) is 5.39. The van der Waals surface area contributed by atoms with Crippen LogP contribution in [0.15, 0.2) is 18.2 Å². The summed E-state index contributed by atoms with van der Waals surface area (Å²) in [5, 5.41) is 0.660. The first-order valence-corrected chi connectivity index (χ1v) is 7.81. The zero-order valence-electron chi connectivity index (χ0n) is 11.5. The van der Waals surface area contributed by atoms with Crippen LogP contribution in [0.25, 0.3) is 0 Å². The first-order chi connectivity index (χ1) is 9.17. The van der Waals surface area contributed by atoms with Crippen molar-refractivity contribution in [1.82, 2.24) is 4.90 Å². The molecule has 0 radical (unpaired) electrons. The number of halogens is 1. The lowest BCUT2D eigenvalue weighted by atomic mass is 9.77. The molecule has 2 fully saturated rings. The van der Waals surface area contributed by atoms with E-state index in [0.29, 0.717) is 16.1 Å². The molecule has 19 heavy (non-hydrogen) atoms. The molecule has 1 aliphatic carbocycles. The average molecular weight is 279 g/mol. The van der Waals surface area contributed by atoms with Crippen molar-refractivity contribution in [1.29, 1.82) is 0 Å². The molecule has 2 nitrogen and oxygen atoms in total. The zero-order chi connectivity index (χ0) is 13.3. The summed E-state index contributed by atoms with van der Waals surface area (Å²) in [5.74, 6) is 0. The van der Waals surface area contributed by atoms with Gasteiger partial charge in [0.15, 0.2) is 0 Å². The van der Waals surface area contributed by atoms with Gasteiger partial charge in [0.1, 0.15) is 0 Å². The number of anilines is 1. The number of hydrogen-bond donors (Lipinski definition) is 1. The van der Waals surface area contributed by atoms with Gasteiger partial charge in [0.2, 0.25) is 0 Å². The molecule has 0 unspecified atom stereocenters. The summed E-state index contributed by atoms with van der Waals surface area (Å²) in [4.78, 5) is 2.56. The van der Waals surface area contributed by atoms with E-state index in [1.807, 2.05) is 12.1 Å². The van der Waals surface area contributed by atoms with E-state index in [9.17, 15) is 0 Å². The van der Waals surface area contributed by atoms with Crippen LogP contribution in [-0.2, 0) is 6.54 Å². The minimum absolute atomic E-state index is 0.660. The number of piperidine rings is 1. The van der Waals surface area contributed by atoms with Crippen LogP contribution in [0.4, 0.5) is 5.69 Å². The highest BCUT2D eigenvalue weighted by Gasteiger charge is 2.36. The number of rotatable bonds is 2. The molecule has 1 saturated heterocycles. The molecule has 0 amide bonds. The highest BCUT2D eigenvalue weighted by molar-refractivity contribution is 6.33. The van der Waals surface area contributed by atoms with E-state index in [0.717, 1.165) is 6.54 Å². The lowest BCUT2D eigenvalue weighted by Crippen LogP contribution is -2.38. The van der Waals surface area contributed by atoms with Gasteiger partial charge in [-0.05, 0) is 61.9 Å². The van der Waals surface area contributed by atoms with Gasteiger partial charge in [-0.1, -0.05) is 30.5 Å². The van der Waals surface area contributed by atoms with Crippen molar-refractivity contribution in [3.05, 3.63) is 28.8 Å². The van der Waals surface area contributed by atoms with Gasteiger partial charge in [-0.2, -0.15) is 0 Å². The van der Waals surface area contributed by atoms with E-state index in [1.54, 1.807) is 0 Å². The summed E-state index contributed by atoms with van der Waals surface area (Å²) < 4.78 is 0. The Morgan fingerprint density at radius 2 is 1.79 bits per heavy atom. The SMILES string of the molecule is Nc1cc(CN2CCC3(CCCC3)CC2)ccc1Cl. The summed E-state index contributed by atoms with van der Waals surface area (Å²) in [7, 11) is 0. The first kappa shape index (κ1) is 13.3. The Balaban J connectivity index is 1.58. The number of nitrogens with two attached hydrogens (primary N) is 1. The number of nitrogen functional groups attached to an aromatic ring is 1. The van der Waals surface area contributed by atoms with Crippen molar-refractivity contribution in [2.24, 2.45) is 5.41 Å². The highest BCUT2D eigenvalue weighted by Crippen LogP contribution is 2.46. The highest BCUT2D eigenvalue weighted by atomic mass is 35.5. The monoisotopic (exact) mass is 278 g/mol. The molecule has 2 aliphatic rings. The van der Waals surface area contributed by atoms with Gasteiger partial charge in [-0.15, -0.1) is 0 Å². The van der Waals surface area contributed by atoms with Crippen molar-refractivity contribution in [2.45, 2.75) is 45.1 Å². The Labute approximate surface area is 120 Å². The maximum absolute atomic E-state index is 5.97. The quantitative estimate of drug-likeness (QED) is 0.826. The standard InChI is InChI=1S/C16H23ClN2/c17-14-4-3-13(11-15(14)18)12-19-9-7-16(8-10-19)5-1-2-6-16/h3-4,11H,1-2,5-10,12,18H2. The molecule has 0 bridgehead atoms. The fraction of sp³-hybridized carbons (Fsp3) is 0.625. The predicted octanol–water partition coefficient (Wildman–Crippen LogP) is 4.08. The molecule has 1 heterocycles. The molecule has 2 N–H and O–H groups in total. The molecule has 3 rings (SSSR count). The van der Waals surface area contributed by atoms with Gasteiger partial charge in [0.25, 0.3) is 0 Å². The molecule has 1 saturated carbocycles. The van der Waals surface area contributed by atoms with Gasteiger partial charge >= 0.3 is 0 Å². The zero-order valence-corrected chi connectivity index (χ0v) is 12.3. The Kier molecular flexibility index (Phi) is 3.72. The van der Waals surface area contributed by atoms with Crippen LogP contribution in [0.3, 0.4) is 0 Å². The van der Waals surface area contributed by atoms with Gasteiger partial charge < -0.3 is 5.73 Å². The minimum atomic E-state index is 0.660. The van der Waals surface area contributed by atoms with E-state index >= 15 is 0 Å². The van der Waals surface area contributed by atoms with Crippen molar-refractivity contribution < 1.29 is 0 Å². The van der Waals surface area contributed by atoms with Gasteiger partial charge in [0.05, 0.1) is 10.7 Å². The second-order valence-corrected chi connectivity index (χ2v) is 6.75. The van der Waals surface area contributed by atoms with E-state index < -0.39 is 0 Å². The third kappa shape index (κ3) is 2.90. The molecule has 0 atom stereocenters. The lowest BCUT2D eigenvalue weighted by Gasteiger charge is -2.39. The number of nitrogens with zero attached hydrogens (tertiary/aromatic N) is 1. The van der Waals surface area contributed by atoms with Gasteiger partial charge in [0, 0.05) is 6.54 Å². The first-order valence-electron chi connectivity index (χ1n) is 7.43. The normalized spacial score (nSPS) is 23.0. The lowest BCUT2D eigenvalue weighted by molar-refractivity contribution is 0.103. The van der Waals surface area contributed by atoms with Crippen LogP contribution >= 0.6 is 11.6 Å². The summed E-state index contributed by atoms with van der Waals surface area (Å²) in [6, 6.07) is 6.02. The van der Waals surface area contributed by atoms with Crippen molar-refractivity contribution in [2.75, 3.05) is 18.8 Å². The van der Waals surface area contributed by atoms with E-state index in [1.165, 1.54) is 57.2 Å². The average Bonchev–Trinajstić information content (AvgIpc) is 2.86. The maximum atomic E-state index is 5.97. The van der Waals surface area contributed by atoms with Crippen LogP contribution in [0, 0.1) is 5.41 Å². The molecule has 1 aliphatic heterocycles. The number of benzene rings is 1. The number of hydrogen-bond acceptors (Lipinski definition) is 2. The van der Waals surface area contributed by atoms with Crippen LogP contribution in [-0.4, -0.2) is 18.0 Å². The maximum Gasteiger partial charge on any atom is 0.0635 e. The fourth-order valence-corrected chi connectivity index (χ4v) is 3.88. The molecule has 0 aromatic heterocycles. The second kappa shape index (κ2) is 5.34. The summed E-state index contributed by atoms with van der Waals surface area (Å²) >= 11 is 5.97. The molecular formula is C16H23ClN2. The second-order valence-electron chi connectivity index (χ2n) is 6.34. The molecule has 1 aromatic rings. The smallest absolute Gasteiger partial charge is 0.0635 e. The molecule has 3 heteroatoms. The van der Waals surface area contributed by atoms with Gasteiger partial charge in [-0.3, -0.25) is 4.90 Å². The Hall–Kier alpha value is -0.730. The molecule has 1 spiro atoms. The van der Waals surface area contributed by atoms with E-state index in [4.69, 9.17) is 17.3 Å². The summed E-state index contributed by atoms with van der Waals surface area (Å²) in [5.41, 5.74) is 8.55. The van der Waals surface area contributed by atoms with E-state index in [2.05, 4.69) is 11.0 Å². The Bertz CT molecular complexity index is 442. The van der Waals surface area contributed by atoms with E-state index in [-0.39, 0.29) is 0 Å². The van der Waals surface area contributed by atoms with Crippen molar-refractivity contribution in [3.8, 4) is 0 Å². The largest absolute Gasteiger partial charge is 0.398 e. The summed E-state index contributed by atoms with van der Waals surface area (Å²) in [6.45, 7) is 3.49. The van der Waals surface area contributed by atoms with Crippen LogP contribution in [0.1, 0.15) is 44.1 Å². The molecule has 104 valence electrons. The summed E-state index contributed by atoms with van der Waals surface area (Å²) in [6.07, 6.45) is 8.61. The Morgan fingerprint density at radius 3 is 2.42 bits per heavy atom. The van der Waals surface area contributed by atoms with Crippen molar-refractivity contribution >= 4 is 17.3 Å². The van der Waals surface area contributed by atoms with Crippen LogP contribution in [0.5, 0.6) is 0 Å². The number of likely N-dealkylation sites (tertiary alicyclic amines) is 1. The topological polar surface area (TPSA) is 29.3 Å². The van der Waals surface area contributed by atoms with Crippen LogP contribution < -0.4 is 5.73 Å². The third-order valence-electron chi connectivity index (χ3n) is 5.05. The molecular weight excluding hydrogens is 256 g/mol. The Morgan fingerprint density at radius 1 is 1.11 bits per heavy atom. The van der Waals surface area contributed by atoms with Crippen molar-refractivity contribution in [3.63, 3.8) is 0 Å². The molecule has 1 aromatic carbocycles. The fourth-order valence-electron chi connectivity index (χ4n) is 3.76. The predicted molar refractivity (Wildman–Crippen MR) is 81.3 cm³/mol. The van der Waals surface area contributed by atoms with Gasteiger partial charge in [-0.25, -0.2) is 0 Å².